The number of hydrogen-bond acceptors (Lipinski definition) is 4. The van der Waals surface area contributed by atoms with E-state index in [1.807, 2.05) is 31.2 Å². The SMILES string of the molecule is Cc1cc(NC2CCOc3ccc(Cl)cc32)nc(Cl)n1. The van der Waals surface area contributed by atoms with Crippen LogP contribution in [0.25, 0.3) is 0 Å². The molecular weight excluding hydrogens is 297 g/mol. The number of fused-ring (bicyclic) bond motifs is 1. The first-order valence-electron chi connectivity index (χ1n) is 6.32. The molecule has 0 saturated heterocycles. The molecule has 0 aliphatic carbocycles. The van der Waals surface area contributed by atoms with E-state index in [4.69, 9.17) is 27.9 Å². The number of anilines is 1. The van der Waals surface area contributed by atoms with Crippen molar-refractivity contribution in [2.75, 3.05) is 11.9 Å². The summed E-state index contributed by atoms with van der Waals surface area (Å²) in [5.74, 6) is 1.57. The van der Waals surface area contributed by atoms with Crippen molar-refractivity contribution in [2.24, 2.45) is 0 Å². The summed E-state index contributed by atoms with van der Waals surface area (Å²) in [6, 6.07) is 7.61. The Morgan fingerprint density at radius 3 is 2.90 bits per heavy atom. The van der Waals surface area contributed by atoms with Crippen molar-refractivity contribution >= 4 is 29.0 Å². The number of aromatic nitrogens is 2. The molecule has 104 valence electrons. The third-order valence-electron chi connectivity index (χ3n) is 3.16. The van der Waals surface area contributed by atoms with Gasteiger partial charge in [0.15, 0.2) is 0 Å². The Bertz CT molecular complexity index is 628. The molecule has 1 aliphatic rings. The number of rotatable bonds is 2. The van der Waals surface area contributed by atoms with Crippen LogP contribution in [0.1, 0.15) is 23.7 Å². The second kappa shape index (κ2) is 5.46. The highest BCUT2D eigenvalue weighted by Crippen LogP contribution is 2.35. The minimum absolute atomic E-state index is 0.0998. The van der Waals surface area contributed by atoms with E-state index in [0.29, 0.717) is 17.4 Å². The molecule has 6 heteroatoms. The van der Waals surface area contributed by atoms with Crippen LogP contribution >= 0.6 is 23.2 Å². The first-order chi connectivity index (χ1) is 9.61. The first-order valence-corrected chi connectivity index (χ1v) is 7.07. The van der Waals surface area contributed by atoms with Crippen LogP contribution in [0.2, 0.25) is 10.3 Å². The molecule has 1 N–H and O–H groups in total. The Balaban J connectivity index is 1.91. The number of nitrogens with zero attached hydrogens (tertiary/aromatic N) is 2. The minimum Gasteiger partial charge on any atom is -0.493 e. The molecule has 4 nitrogen and oxygen atoms in total. The van der Waals surface area contributed by atoms with E-state index in [1.54, 1.807) is 0 Å². The number of halogens is 2. The third-order valence-corrected chi connectivity index (χ3v) is 3.56. The summed E-state index contributed by atoms with van der Waals surface area (Å²) in [4.78, 5) is 8.25. The van der Waals surface area contributed by atoms with Gasteiger partial charge < -0.3 is 10.1 Å². The fourth-order valence-electron chi connectivity index (χ4n) is 2.30. The van der Waals surface area contributed by atoms with Crippen LogP contribution in [0, 0.1) is 6.92 Å². The smallest absolute Gasteiger partial charge is 0.224 e. The normalized spacial score (nSPS) is 17.2. The van der Waals surface area contributed by atoms with E-state index in [0.717, 1.165) is 23.4 Å². The predicted octanol–water partition coefficient (Wildman–Crippen LogP) is 4.03. The fraction of sp³-hybridized carbons (Fsp3) is 0.286. The third kappa shape index (κ3) is 2.81. The van der Waals surface area contributed by atoms with E-state index in [2.05, 4.69) is 15.3 Å². The van der Waals surface area contributed by atoms with Crippen LogP contribution in [-0.2, 0) is 0 Å². The molecule has 0 radical (unpaired) electrons. The van der Waals surface area contributed by atoms with Gasteiger partial charge in [-0.05, 0) is 36.7 Å². The van der Waals surface area contributed by atoms with E-state index < -0.39 is 0 Å². The quantitative estimate of drug-likeness (QED) is 0.851. The van der Waals surface area contributed by atoms with Crippen molar-refractivity contribution in [3.63, 3.8) is 0 Å². The monoisotopic (exact) mass is 309 g/mol. The molecule has 0 bridgehead atoms. The fourth-order valence-corrected chi connectivity index (χ4v) is 2.70. The summed E-state index contributed by atoms with van der Waals surface area (Å²) < 4.78 is 5.64. The highest BCUT2D eigenvalue weighted by molar-refractivity contribution is 6.30. The molecule has 1 aliphatic heterocycles. The van der Waals surface area contributed by atoms with Gasteiger partial charge in [0.2, 0.25) is 5.28 Å². The number of hydrogen-bond donors (Lipinski definition) is 1. The topological polar surface area (TPSA) is 47.0 Å². The van der Waals surface area contributed by atoms with E-state index in [1.165, 1.54) is 0 Å². The lowest BCUT2D eigenvalue weighted by atomic mass is 10.0. The Labute approximate surface area is 127 Å². The van der Waals surface area contributed by atoms with E-state index in [-0.39, 0.29) is 11.3 Å². The highest BCUT2D eigenvalue weighted by Gasteiger charge is 2.22. The molecule has 1 aromatic carbocycles. The van der Waals surface area contributed by atoms with E-state index in [9.17, 15) is 0 Å². The summed E-state index contributed by atoms with van der Waals surface area (Å²) in [7, 11) is 0. The van der Waals surface area contributed by atoms with Gasteiger partial charge in [-0.1, -0.05) is 11.6 Å². The molecule has 1 unspecified atom stereocenters. The summed E-state index contributed by atoms with van der Waals surface area (Å²) in [5.41, 5.74) is 1.86. The molecule has 3 rings (SSSR count). The van der Waals surface area contributed by atoms with Gasteiger partial charge in [-0.25, -0.2) is 9.97 Å². The van der Waals surface area contributed by atoms with Gasteiger partial charge >= 0.3 is 0 Å². The maximum absolute atomic E-state index is 6.07. The van der Waals surface area contributed by atoms with Crippen LogP contribution in [0.5, 0.6) is 5.75 Å². The highest BCUT2D eigenvalue weighted by atomic mass is 35.5. The minimum atomic E-state index is 0.0998. The standard InChI is InChI=1S/C14H13Cl2N3O/c1-8-6-13(19-14(16)17-8)18-11-4-5-20-12-3-2-9(15)7-10(11)12/h2-3,6-7,11H,4-5H2,1H3,(H,17,18,19). The van der Waals surface area contributed by atoms with Crippen molar-refractivity contribution in [1.29, 1.82) is 0 Å². The van der Waals surface area contributed by atoms with Gasteiger partial charge in [0.25, 0.3) is 0 Å². The Hall–Kier alpha value is -1.52. The zero-order valence-corrected chi connectivity index (χ0v) is 12.4. The molecule has 2 aromatic rings. The number of benzene rings is 1. The van der Waals surface area contributed by atoms with Gasteiger partial charge in [0.1, 0.15) is 11.6 Å². The van der Waals surface area contributed by atoms with Crippen molar-refractivity contribution in [3.05, 3.63) is 45.8 Å². The van der Waals surface area contributed by atoms with Crippen molar-refractivity contribution in [3.8, 4) is 5.75 Å². The van der Waals surface area contributed by atoms with E-state index >= 15 is 0 Å². The average Bonchev–Trinajstić information content (AvgIpc) is 2.38. The summed E-state index contributed by atoms with van der Waals surface area (Å²) >= 11 is 12.0. The van der Waals surface area contributed by atoms with Crippen molar-refractivity contribution in [1.82, 2.24) is 9.97 Å². The lowest BCUT2D eigenvalue weighted by molar-refractivity contribution is 0.274. The van der Waals surface area contributed by atoms with Crippen LogP contribution in [0.3, 0.4) is 0 Å². The maximum atomic E-state index is 6.07. The zero-order chi connectivity index (χ0) is 14.1. The predicted molar refractivity (Wildman–Crippen MR) is 79.7 cm³/mol. The molecule has 2 heterocycles. The average molecular weight is 310 g/mol. The molecule has 0 saturated carbocycles. The number of ether oxygens (including phenoxy) is 1. The summed E-state index contributed by atoms with van der Waals surface area (Å²) in [5, 5.41) is 4.31. The largest absolute Gasteiger partial charge is 0.493 e. The zero-order valence-electron chi connectivity index (χ0n) is 10.9. The molecule has 20 heavy (non-hydrogen) atoms. The molecular formula is C14H13Cl2N3O. The van der Waals surface area contributed by atoms with Gasteiger partial charge in [0.05, 0.1) is 12.6 Å². The molecule has 0 spiro atoms. The van der Waals surface area contributed by atoms with Gasteiger partial charge in [0, 0.05) is 28.8 Å². The second-order valence-electron chi connectivity index (χ2n) is 4.68. The van der Waals surface area contributed by atoms with Crippen LogP contribution in [-0.4, -0.2) is 16.6 Å². The molecule has 1 atom stereocenters. The lowest BCUT2D eigenvalue weighted by Crippen LogP contribution is -2.21. The van der Waals surface area contributed by atoms with Gasteiger partial charge in [-0.2, -0.15) is 0 Å². The Kier molecular flexibility index (Phi) is 3.68. The van der Waals surface area contributed by atoms with Crippen LogP contribution in [0.4, 0.5) is 5.82 Å². The summed E-state index contributed by atoms with van der Waals surface area (Å²) in [6.45, 7) is 2.54. The number of aryl methyl sites for hydroxylation is 1. The number of nitrogens with one attached hydrogen (secondary N) is 1. The first kappa shape index (κ1) is 13.5. The van der Waals surface area contributed by atoms with Crippen LogP contribution < -0.4 is 10.1 Å². The lowest BCUT2D eigenvalue weighted by Gasteiger charge is -2.27. The molecule has 0 fully saturated rings. The maximum Gasteiger partial charge on any atom is 0.224 e. The van der Waals surface area contributed by atoms with Crippen molar-refractivity contribution < 1.29 is 4.74 Å². The van der Waals surface area contributed by atoms with Crippen LogP contribution in [0.15, 0.2) is 24.3 Å². The van der Waals surface area contributed by atoms with Gasteiger partial charge in [-0.3, -0.25) is 0 Å². The van der Waals surface area contributed by atoms with Gasteiger partial charge in [-0.15, -0.1) is 0 Å². The molecule has 0 amide bonds. The summed E-state index contributed by atoms with van der Waals surface area (Å²) in [6.07, 6.45) is 0.841. The molecule has 1 aromatic heterocycles. The second-order valence-corrected chi connectivity index (χ2v) is 5.45. The Morgan fingerprint density at radius 2 is 2.10 bits per heavy atom. The Morgan fingerprint density at radius 1 is 1.25 bits per heavy atom. The van der Waals surface area contributed by atoms with Crippen molar-refractivity contribution in [2.45, 2.75) is 19.4 Å².